The third kappa shape index (κ3) is 4.74. The van der Waals surface area contributed by atoms with E-state index in [1.54, 1.807) is 24.3 Å². The predicted molar refractivity (Wildman–Crippen MR) is 93.4 cm³/mol. The lowest BCUT2D eigenvalue weighted by Gasteiger charge is -2.04. The fraction of sp³-hybridized carbons (Fsp3) is 0.0588. The molecule has 1 heterocycles. The van der Waals surface area contributed by atoms with Gasteiger partial charge in [-0.25, -0.2) is 9.18 Å². The fourth-order valence-corrected chi connectivity index (χ4v) is 2.53. The van der Waals surface area contributed by atoms with Crippen LogP contribution in [0.4, 0.5) is 4.39 Å². The van der Waals surface area contributed by atoms with E-state index in [2.05, 4.69) is 15.5 Å². The highest BCUT2D eigenvalue weighted by molar-refractivity contribution is 8.15. The number of ether oxygens (including phenoxy) is 1. The lowest BCUT2D eigenvalue weighted by Crippen LogP contribution is -2.19. The monoisotopic (exact) mass is 357 g/mol. The number of hydrogen-bond acceptors (Lipinski definition) is 6. The molecule has 0 aromatic heterocycles. The Hall–Kier alpha value is -3.00. The van der Waals surface area contributed by atoms with E-state index < -0.39 is 11.8 Å². The largest absolute Gasteiger partial charge is 0.423 e. The van der Waals surface area contributed by atoms with Gasteiger partial charge in [0.05, 0.1) is 17.5 Å². The van der Waals surface area contributed by atoms with Gasteiger partial charge in [0.15, 0.2) is 5.17 Å². The molecule has 0 radical (unpaired) electrons. The standard InChI is InChI=1S/C17H12FN3O3S/c18-13-5-3-12(4-6-13)16(23)24-14-7-1-11(2-8-14)9-19-21-17-20-15(22)10-25-17/h1-9H,10H2,(H,20,21,22)/b19-9+. The first-order valence-corrected chi connectivity index (χ1v) is 8.20. The molecule has 1 aliphatic heterocycles. The Morgan fingerprint density at radius 3 is 2.52 bits per heavy atom. The lowest BCUT2D eigenvalue weighted by atomic mass is 10.2. The average Bonchev–Trinajstić information content (AvgIpc) is 3.02. The van der Waals surface area contributed by atoms with E-state index in [1.165, 1.54) is 42.2 Å². The van der Waals surface area contributed by atoms with Crippen LogP contribution in [0.3, 0.4) is 0 Å². The van der Waals surface area contributed by atoms with Crippen molar-refractivity contribution < 1.29 is 18.7 Å². The molecule has 0 saturated carbocycles. The zero-order chi connectivity index (χ0) is 17.6. The molecule has 0 atom stereocenters. The van der Waals surface area contributed by atoms with Crippen molar-refractivity contribution in [1.29, 1.82) is 0 Å². The van der Waals surface area contributed by atoms with Crippen molar-refractivity contribution in [3.05, 3.63) is 65.5 Å². The van der Waals surface area contributed by atoms with Gasteiger partial charge in [-0.15, -0.1) is 5.10 Å². The van der Waals surface area contributed by atoms with E-state index in [9.17, 15) is 14.0 Å². The summed E-state index contributed by atoms with van der Waals surface area (Å²) in [6.07, 6.45) is 1.52. The summed E-state index contributed by atoms with van der Waals surface area (Å²) in [4.78, 5) is 22.9. The SMILES string of the molecule is O=C1CSC(=N/N=C/c2ccc(OC(=O)c3ccc(F)cc3)cc2)N1. The molecule has 126 valence electrons. The number of nitrogens with one attached hydrogen (secondary N) is 1. The number of nitrogens with zero attached hydrogens (tertiary/aromatic N) is 2. The number of esters is 1. The summed E-state index contributed by atoms with van der Waals surface area (Å²) in [5.41, 5.74) is 1.01. The molecule has 1 saturated heterocycles. The van der Waals surface area contributed by atoms with Crippen LogP contribution in [0.25, 0.3) is 0 Å². The van der Waals surface area contributed by atoms with Crippen molar-refractivity contribution in [2.24, 2.45) is 10.2 Å². The number of rotatable bonds is 4. The molecular weight excluding hydrogens is 345 g/mol. The van der Waals surface area contributed by atoms with Crippen molar-refractivity contribution in [2.45, 2.75) is 0 Å². The van der Waals surface area contributed by atoms with Gasteiger partial charge < -0.3 is 10.1 Å². The first kappa shape index (κ1) is 16.8. The number of hydrogen-bond donors (Lipinski definition) is 1. The van der Waals surface area contributed by atoms with Gasteiger partial charge in [-0.1, -0.05) is 11.8 Å². The molecule has 1 amide bonds. The summed E-state index contributed by atoms with van der Waals surface area (Å²) < 4.78 is 18.1. The second-order valence-corrected chi connectivity index (χ2v) is 5.92. The van der Waals surface area contributed by atoms with Gasteiger partial charge >= 0.3 is 5.97 Å². The number of amides is 1. The molecule has 2 aromatic carbocycles. The van der Waals surface area contributed by atoms with Gasteiger partial charge in [-0.05, 0) is 54.1 Å². The van der Waals surface area contributed by atoms with Crippen molar-refractivity contribution in [2.75, 3.05) is 5.75 Å². The van der Waals surface area contributed by atoms with Crippen molar-refractivity contribution >= 4 is 35.0 Å². The molecule has 0 unspecified atom stereocenters. The van der Waals surface area contributed by atoms with E-state index in [1.807, 2.05) is 0 Å². The maximum absolute atomic E-state index is 12.8. The number of benzene rings is 2. The normalized spacial score (nSPS) is 15.6. The zero-order valence-electron chi connectivity index (χ0n) is 12.8. The molecule has 6 nitrogen and oxygen atoms in total. The molecule has 1 fully saturated rings. The van der Waals surface area contributed by atoms with E-state index >= 15 is 0 Å². The van der Waals surface area contributed by atoms with Crippen LogP contribution in [0.2, 0.25) is 0 Å². The highest BCUT2D eigenvalue weighted by atomic mass is 32.2. The first-order chi connectivity index (χ1) is 12.1. The topological polar surface area (TPSA) is 80.1 Å². The highest BCUT2D eigenvalue weighted by Gasteiger charge is 2.15. The second-order valence-electron chi connectivity index (χ2n) is 4.95. The molecule has 2 aromatic rings. The van der Waals surface area contributed by atoms with Crippen molar-refractivity contribution in [3.8, 4) is 5.75 Å². The van der Waals surface area contributed by atoms with Crippen LogP contribution in [0.1, 0.15) is 15.9 Å². The minimum atomic E-state index is -0.568. The first-order valence-electron chi connectivity index (χ1n) is 7.22. The minimum Gasteiger partial charge on any atom is -0.423 e. The number of thioether (sulfide) groups is 1. The lowest BCUT2D eigenvalue weighted by molar-refractivity contribution is -0.116. The van der Waals surface area contributed by atoms with Gasteiger partial charge in [-0.3, -0.25) is 4.79 Å². The molecule has 0 bridgehead atoms. The third-order valence-corrected chi connectivity index (χ3v) is 3.98. The van der Waals surface area contributed by atoms with Crippen LogP contribution < -0.4 is 10.1 Å². The molecule has 0 aliphatic carbocycles. The Balaban J connectivity index is 1.59. The maximum atomic E-state index is 12.8. The van der Waals surface area contributed by atoms with Gasteiger partial charge in [0.1, 0.15) is 11.6 Å². The average molecular weight is 357 g/mol. The van der Waals surface area contributed by atoms with Gasteiger partial charge in [0, 0.05) is 0 Å². The number of carbonyl (C=O) groups excluding carboxylic acids is 2. The molecule has 1 N–H and O–H groups in total. The maximum Gasteiger partial charge on any atom is 0.343 e. The molecular formula is C17H12FN3O3S. The Labute approximate surface area is 146 Å². The van der Waals surface area contributed by atoms with Crippen LogP contribution in [0, 0.1) is 5.82 Å². The van der Waals surface area contributed by atoms with Crippen LogP contribution in [-0.2, 0) is 4.79 Å². The van der Waals surface area contributed by atoms with E-state index in [0.29, 0.717) is 16.7 Å². The quantitative estimate of drug-likeness (QED) is 0.395. The predicted octanol–water partition coefficient (Wildman–Crippen LogP) is 2.60. The Bertz CT molecular complexity index is 848. The van der Waals surface area contributed by atoms with Gasteiger partial charge in [0.25, 0.3) is 0 Å². The van der Waals surface area contributed by atoms with E-state index in [4.69, 9.17) is 4.74 Å². The Morgan fingerprint density at radius 1 is 1.16 bits per heavy atom. The number of carbonyl (C=O) groups is 2. The third-order valence-electron chi connectivity index (χ3n) is 3.11. The molecule has 8 heteroatoms. The molecule has 0 spiro atoms. The van der Waals surface area contributed by atoms with Crippen molar-refractivity contribution in [1.82, 2.24) is 5.32 Å². The zero-order valence-corrected chi connectivity index (χ0v) is 13.6. The van der Waals surface area contributed by atoms with Gasteiger partial charge in [-0.2, -0.15) is 5.10 Å². The van der Waals surface area contributed by atoms with E-state index in [-0.39, 0.29) is 11.5 Å². The second kappa shape index (κ2) is 7.71. The summed E-state index contributed by atoms with van der Waals surface area (Å²) in [7, 11) is 0. The summed E-state index contributed by atoms with van der Waals surface area (Å²) in [5.74, 6) is -0.369. The van der Waals surface area contributed by atoms with Crippen molar-refractivity contribution in [3.63, 3.8) is 0 Å². The Kier molecular flexibility index (Phi) is 5.20. The Morgan fingerprint density at radius 2 is 1.88 bits per heavy atom. The summed E-state index contributed by atoms with van der Waals surface area (Å²) in [6.45, 7) is 0. The summed E-state index contributed by atoms with van der Waals surface area (Å²) >= 11 is 1.29. The van der Waals surface area contributed by atoms with Crippen LogP contribution >= 0.6 is 11.8 Å². The smallest absolute Gasteiger partial charge is 0.343 e. The van der Waals surface area contributed by atoms with E-state index in [0.717, 1.165) is 5.56 Å². The van der Waals surface area contributed by atoms with Crippen LogP contribution in [-0.4, -0.2) is 29.0 Å². The highest BCUT2D eigenvalue weighted by Crippen LogP contribution is 2.14. The summed E-state index contributed by atoms with van der Waals surface area (Å²) in [5, 5.41) is 10.8. The van der Waals surface area contributed by atoms with Crippen LogP contribution in [0.5, 0.6) is 5.75 Å². The van der Waals surface area contributed by atoms with Crippen LogP contribution in [0.15, 0.2) is 58.7 Å². The fourth-order valence-electron chi connectivity index (χ4n) is 1.90. The molecule has 3 rings (SSSR count). The summed E-state index contributed by atoms with van der Waals surface area (Å²) in [6, 6.07) is 11.7. The minimum absolute atomic E-state index is 0.0914. The molecule has 1 aliphatic rings. The number of halogens is 1. The van der Waals surface area contributed by atoms with Gasteiger partial charge in [0.2, 0.25) is 5.91 Å². The number of amidine groups is 1. The molecule has 25 heavy (non-hydrogen) atoms.